The molecule has 0 amide bonds. The highest BCUT2D eigenvalue weighted by atomic mass is 16.6. The zero-order valence-corrected chi connectivity index (χ0v) is 24.1. The number of allylic oxidation sites excluding steroid dienone is 2. The van der Waals surface area contributed by atoms with Crippen molar-refractivity contribution in [3.63, 3.8) is 0 Å². The first-order valence-electron chi connectivity index (χ1n) is 14.6. The van der Waals surface area contributed by atoms with Gasteiger partial charge in [-0.25, -0.2) is 0 Å². The second kappa shape index (κ2) is 15.1. The van der Waals surface area contributed by atoms with Gasteiger partial charge in [-0.05, 0) is 59.7 Å². The number of phenols is 2. The van der Waals surface area contributed by atoms with Crippen molar-refractivity contribution in [2.24, 2.45) is 0 Å². The predicted octanol–water partition coefficient (Wildman–Crippen LogP) is 5.39. The van der Waals surface area contributed by atoms with Crippen molar-refractivity contribution in [1.29, 1.82) is 0 Å². The molecule has 8 nitrogen and oxygen atoms in total. The summed E-state index contributed by atoms with van der Waals surface area (Å²) in [6.45, 7) is 8.43. The maximum Gasteiger partial charge on any atom is 0.161 e. The van der Waals surface area contributed by atoms with E-state index in [9.17, 15) is 10.2 Å². The number of hydrogen-bond acceptors (Lipinski definition) is 8. The summed E-state index contributed by atoms with van der Waals surface area (Å²) in [5, 5.41) is 24.5. The maximum absolute atomic E-state index is 11.3. The highest BCUT2D eigenvalue weighted by Gasteiger charge is 2.21. The normalized spacial score (nSPS) is 18.2. The fourth-order valence-electron chi connectivity index (χ4n) is 5.36. The van der Waals surface area contributed by atoms with E-state index in [0.717, 1.165) is 51.4 Å². The zero-order valence-electron chi connectivity index (χ0n) is 24.1. The first-order chi connectivity index (χ1) is 20.6. The summed E-state index contributed by atoms with van der Waals surface area (Å²) in [5.74, 6) is 1.05. The molecule has 8 heteroatoms. The number of fused-ring (bicyclic) bond motifs is 8. The standard InChI is InChI=1S/C34H40O8/c1-24-20-29-27-8-4-2-6-25(27)22-31(33(29)35)41-18-16-39-14-12-37-10-11-38-13-15-40-17-19-42-32-23-26-7-3-5-9-28(26)30(21-24)34(32)36/h2-4,6-8,22-23,35-36H,1,5,9-21H2. The largest absolute Gasteiger partial charge is 0.504 e. The third-order valence-corrected chi connectivity index (χ3v) is 7.41. The van der Waals surface area contributed by atoms with Crippen molar-refractivity contribution in [3.05, 3.63) is 76.9 Å². The number of rotatable bonds is 0. The molecular formula is C34H40O8. The molecule has 1 heterocycles. The van der Waals surface area contributed by atoms with Crippen molar-refractivity contribution in [3.8, 4) is 23.0 Å². The van der Waals surface area contributed by atoms with Crippen LogP contribution in [0.25, 0.3) is 16.8 Å². The molecule has 2 aliphatic rings. The Hall–Kier alpha value is -3.56. The molecule has 0 fully saturated rings. The Morgan fingerprint density at radius 2 is 1.17 bits per heavy atom. The van der Waals surface area contributed by atoms with Crippen LogP contribution in [-0.2, 0) is 38.2 Å². The molecule has 0 saturated heterocycles. The highest BCUT2D eigenvalue weighted by molar-refractivity contribution is 5.90. The minimum absolute atomic E-state index is 0.0926. The predicted molar refractivity (Wildman–Crippen MR) is 162 cm³/mol. The first-order valence-corrected chi connectivity index (χ1v) is 14.6. The summed E-state index contributed by atoms with van der Waals surface area (Å²) < 4.78 is 34.3. The SMILES string of the molecule is C=C1Cc2c(O)c(cc3c2CCC=C3)OCCOCCOCCOCCOCCOc2cc3ccccc3c(c2O)C1. The summed E-state index contributed by atoms with van der Waals surface area (Å²) in [5.41, 5.74) is 4.55. The molecule has 2 N–H and O–H groups in total. The summed E-state index contributed by atoms with van der Waals surface area (Å²) in [7, 11) is 0. The van der Waals surface area contributed by atoms with Gasteiger partial charge in [0.25, 0.3) is 0 Å². The number of hydrogen-bond donors (Lipinski definition) is 2. The molecule has 0 unspecified atom stereocenters. The lowest BCUT2D eigenvalue weighted by molar-refractivity contribution is -0.00709. The Kier molecular flexibility index (Phi) is 10.7. The van der Waals surface area contributed by atoms with Crippen LogP contribution in [-0.4, -0.2) is 76.3 Å². The van der Waals surface area contributed by atoms with E-state index in [-0.39, 0.29) is 18.1 Å². The van der Waals surface area contributed by atoms with Crippen molar-refractivity contribution in [2.45, 2.75) is 25.7 Å². The molecule has 3 aromatic rings. The summed E-state index contributed by atoms with van der Waals surface area (Å²) in [6, 6.07) is 11.7. The van der Waals surface area contributed by atoms with Crippen LogP contribution in [0.4, 0.5) is 0 Å². The van der Waals surface area contributed by atoms with E-state index in [2.05, 4.69) is 18.7 Å². The van der Waals surface area contributed by atoms with Gasteiger partial charge in [0.2, 0.25) is 0 Å². The van der Waals surface area contributed by atoms with E-state index in [1.807, 2.05) is 36.4 Å². The average molecular weight is 577 g/mol. The number of ether oxygens (including phenoxy) is 6. The van der Waals surface area contributed by atoms with Gasteiger partial charge in [0, 0.05) is 11.1 Å². The van der Waals surface area contributed by atoms with Gasteiger partial charge in [-0.1, -0.05) is 48.6 Å². The maximum atomic E-state index is 11.3. The summed E-state index contributed by atoms with van der Waals surface area (Å²) >= 11 is 0. The smallest absolute Gasteiger partial charge is 0.161 e. The van der Waals surface area contributed by atoms with Gasteiger partial charge in [0.05, 0.1) is 52.9 Å². The Labute approximate surface area is 247 Å². The quantitative estimate of drug-likeness (QED) is 0.344. The molecule has 42 heavy (non-hydrogen) atoms. The van der Waals surface area contributed by atoms with Gasteiger partial charge in [0.1, 0.15) is 13.2 Å². The number of phenolic OH excluding ortho intramolecular Hbond substituents is 2. The summed E-state index contributed by atoms with van der Waals surface area (Å²) in [4.78, 5) is 0. The van der Waals surface area contributed by atoms with Gasteiger partial charge in [0.15, 0.2) is 23.0 Å². The van der Waals surface area contributed by atoms with Crippen molar-refractivity contribution in [2.75, 3.05) is 66.1 Å². The van der Waals surface area contributed by atoms with Gasteiger partial charge in [-0.15, -0.1) is 0 Å². The van der Waals surface area contributed by atoms with Gasteiger partial charge in [-0.2, -0.15) is 0 Å². The third kappa shape index (κ3) is 7.63. The molecule has 0 atom stereocenters. The lowest BCUT2D eigenvalue weighted by atomic mass is 9.87. The monoisotopic (exact) mass is 576 g/mol. The number of benzene rings is 3. The van der Waals surface area contributed by atoms with E-state index >= 15 is 0 Å². The molecule has 3 aromatic carbocycles. The zero-order chi connectivity index (χ0) is 29.1. The van der Waals surface area contributed by atoms with Crippen LogP contribution < -0.4 is 9.47 Å². The number of aromatic hydroxyl groups is 2. The fourth-order valence-corrected chi connectivity index (χ4v) is 5.36. The van der Waals surface area contributed by atoms with Gasteiger partial charge in [-0.3, -0.25) is 0 Å². The topological polar surface area (TPSA) is 95.8 Å². The first kappa shape index (κ1) is 29.9. The molecule has 5 rings (SSSR count). The molecule has 0 aromatic heterocycles. The molecular weight excluding hydrogens is 536 g/mol. The molecule has 0 radical (unpaired) electrons. The Bertz CT molecular complexity index is 1400. The fraction of sp³-hybridized carbons (Fsp3) is 0.412. The van der Waals surface area contributed by atoms with Crippen LogP contribution in [0.3, 0.4) is 0 Å². The van der Waals surface area contributed by atoms with Crippen molar-refractivity contribution in [1.82, 2.24) is 0 Å². The van der Waals surface area contributed by atoms with E-state index in [4.69, 9.17) is 28.4 Å². The van der Waals surface area contributed by atoms with Crippen LogP contribution in [0, 0.1) is 0 Å². The van der Waals surface area contributed by atoms with Crippen LogP contribution in [0.1, 0.15) is 28.7 Å². The molecule has 224 valence electrons. The average Bonchev–Trinajstić information content (AvgIpc) is 3.00. The summed E-state index contributed by atoms with van der Waals surface area (Å²) in [6.07, 6.45) is 6.82. The molecule has 1 aliphatic carbocycles. The van der Waals surface area contributed by atoms with Crippen LogP contribution >= 0.6 is 0 Å². The van der Waals surface area contributed by atoms with Crippen LogP contribution in [0.2, 0.25) is 0 Å². The third-order valence-electron chi connectivity index (χ3n) is 7.41. The van der Waals surface area contributed by atoms with E-state index in [0.29, 0.717) is 83.8 Å². The van der Waals surface area contributed by atoms with Gasteiger partial charge >= 0.3 is 0 Å². The lowest BCUT2D eigenvalue weighted by Gasteiger charge is -2.21. The minimum Gasteiger partial charge on any atom is -0.504 e. The van der Waals surface area contributed by atoms with Gasteiger partial charge < -0.3 is 38.6 Å². The Morgan fingerprint density at radius 3 is 1.83 bits per heavy atom. The van der Waals surface area contributed by atoms with Crippen molar-refractivity contribution >= 4 is 16.8 Å². The Morgan fingerprint density at radius 1 is 0.619 bits per heavy atom. The van der Waals surface area contributed by atoms with Crippen molar-refractivity contribution < 1.29 is 38.6 Å². The highest BCUT2D eigenvalue weighted by Crippen LogP contribution is 2.41. The van der Waals surface area contributed by atoms with E-state index in [1.54, 1.807) is 0 Å². The van der Waals surface area contributed by atoms with Crippen LogP contribution in [0.15, 0.2) is 54.6 Å². The lowest BCUT2D eigenvalue weighted by Crippen LogP contribution is -2.15. The molecule has 1 aliphatic heterocycles. The Balaban J connectivity index is 1.41. The molecule has 0 spiro atoms. The molecule has 0 saturated carbocycles. The van der Waals surface area contributed by atoms with Crippen LogP contribution in [0.5, 0.6) is 23.0 Å². The van der Waals surface area contributed by atoms with E-state index in [1.165, 1.54) is 0 Å². The minimum atomic E-state index is 0.0926. The second-order valence-corrected chi connectivity index (χ2v) is 10.4. The second-order valence-electron chi connectivity index (χ2n) is 10.4. The molecule has 4 bridgehead atoms. The van der Waals surface area contributed by atoms with E-state index < -0.39 is 0 Å².